The molecule has 1 saturated heterocycles. The summed E-state index contributed by atoms with van der Waals surface area (Å²) in [5.41, 5.74) is -1.03. The van der Waals surface area contributed by atoms with Crippen LogP contribution in [0.1, 0.15) is 78.6 Å². The summed E-state index contributed by atoms with van der Waals surface area (Å²) in [5.74, 6) is 0.483. The number of ether oxygens (including phenoxy) is 1. The number of benzene rings is 1. The first-order chi connectivity index (χ1) is 25.3. The van der Waals surface area contributed by atoms with Gasteiger partial charge in [-0.2, -0.15) is 0 Å². The molecule has 1 fully saturated rings. The summed E-state index contributed by atoms with van der Waals surface area (Å²) in [5, 5.41) is 10.1. The van der Waals surface area contributed by atoms with Crippen molar-refractivity contribution >= 4 is 23.4 Å². The van der Waals surface area contributed by atoms with Gasteiger partial charge in [0.1, 0.15) is 5.75 Å². The molecule has 1 aromatic rings. The van der Waals surface area contributed by atoms with Crippen LogP contribution in [-0.2, 0) is 9.59 Å². The lowest BCUT2D eigenvalue weighted by atomic mass is 10.1. The van der Waals surface area contributed by atoms with E-state index in [1.807, 2.05) is 0 Å². The second-order valence-corrected chi connectivity index (χ2v) is 13.8. The Balaban J connectivity index is 1.63. The van der Waals surface area contributed by atoms with Gasteiger partial charge in [-0.1, -0.05) is 91.4 Å². The first-order valence-corrected chi connectivity index (χ1v) is 19.7. The molecule has 2 rings (SSSR count). The number of piperazine rings is 1. The second kappa shape index (κ2) is 29.1. The predicted octanol–water partition coefficient (Wildman–Crippen LogP) is 7.81. The minimum atomic E-state index is -1.03. The zero-order chi connectivity index (χ0) is 37.5. The van der Waals surface area contributed by atoms with Gasteiger partial charge >= 0.3 is 0 Å². The third kappa shape index (κ3) is 23.2. The van der Waals surface area contributed by atoms with Crippen molar-refractivity contribution in [2.75, 3.05) is 65.4 Å². The zero-order valence-electron chi connectivity index (χ0n) is 32.2. The highest BCUT2D eigenvalue weighted by atomic mass is 35.5. The number of amides is 2. The van der Waals surface area contributed by atoms with E-state index in [0.717, 1.165) is 97.2 Å². The van der Waals surface area contributed by atoms with Crippen LogP contribution in [0, 0.1) is 0 Å². The van der Waals surface area contributed by atoms with Crippen molar-refractivity contribution in [1.82, 2.24) is 25.8 Å². The molecular formula is C43H66ClN5O3. The van der Waals surface area contributed by atoms with E-state index < -0.39 is 5.60 Å². The molecule has 288 valence electrons. The molecule has 1 aliphatic heterocycles. The van der Waals surface area contributed by atoms with Crippen LogP contribution in [0.25, 0.3) is 0 Å². The second-order valence-electron chi connectivity index (χ2n) is 13.4. The molecule has 8 nitrogen and oxygen atoms in total. The molecule has 3 N–H and O–H groups in total. The van der Waals surface area contributed by atoms with Crippen molar-refractivity contribution in [2.45, 2.75) is 84.2 Å². The highest BCUT2D eigenvalue weighted by Crippen LogP contribution is 2.21. The molecule has 0 aromatic heterocycles. The molecule has 0 bridgehead atoms. The molecular weight excluding hydrogens is 670 g/mol. The van der Waals surface area contributed by atoms with Gasteiger partial charge in [0.15, 0.2) is 5.60 Å². The van der Waals surface area contributed by atoms with Crippen LogP contribution in [0.4, 0.5) is 0 Å². The van der Waals surface area contributed by atoms with Crippen LogP contribution in [0.2, 0.25) is 5.02 Å². The fourth-order valence-electron chi connectivity index (χ4n) is 5.47. The van der Waals surface area contributed by atoms with E-state index in [0.29, 0.717) is 36.8 Å². The topological polar surface area (TPSA) is 85.9 Å². The average Bonchev–Trinajstić information content (AvgIpc) is 3.13. The van der Waals surface area contributed by atoms with Gasteiger partial charge in [0.05, 0.1) is 0 Å². The molecule has 1 aliphatic rings. The molecule has 9 heteroatoms. The van der Waals surface area contributed by atoms with Gasteiger partial charge < -0.3 is 25.6 Å². The monoisotopic (exact) mass is 735 g/mol. The van der Waals surface area contributed by atoms with E-state index in [4.69, 9.17) is 16.3 Å². The molecule has 0 unspecified atom stereocenters. The van der Waals surface area contributed by atoms with Gasteiger partial charge in [0.25, 0.3) is 5.91 Å². The molecule has 1 heterocycles. The van der Waals surface area contributed by atoms with Crippen LogP contribution >= 0.6 is 11.6 Å². The van der Waals surface area contributed by atoms with Crippen LogP contribution in [0.15, 0.2) is 97.2 Å². The Kier molecular flexibility index (Phi) is 25.0. The molecule has 0 atom stereocenters. The maximum atomic E-state index is 13.0. The minimum Gasteiger partial charge on any atom is -0.478 e. The summed E-state index contributed by atoms with van der Waals surface area (Å²) in [6, 6.07) is 7.01. The largest absolute Gasteiger partial charge is 0.478 e. The number of nitrogens with one attached hydrogen (secondary N) is 3. The van der Waals surface area contributed by atoms with Crippen LogP contribution < -0.4 is 20.7 Å². The summed E-state index contributed by atoms with van der Waals surface area (Å²) >= 11 is 5.98. The Morgan fingerprint density at radius 3 is 1.87 bits per heavy atom. The lowest BCUT2D eigenvalue weighted by Gasteiger charge is -2.29. The number of hydrogen-bond donors (Lipinski definition) is 3. The van der Waals surface area contributed by atoms with Crippen molar-refractivity contribution < 1.29 is 14.3 Å². The van der Waals surface area contributed by atoms with Crippen molar-refractivity contribution in [2.24, 2.45) is 0 Å². The number of halogens is 1. The zero-order valence-corrected chi connectivity index (χ0v) is 32.9. The maximum absolute atomic E-state index is 13.0. The first kappa shape index (κ1) is 44.7. The first-order valence-electron chi connectivity index (χ1n) is 19.3. The highest BCUT2D eigenvalue weighted by molar-refractivity contribution is 6.30. The average molecular weight is 736 g/mol. The van der Waals surface area contributed by atoms with Gasteiger partial charge in [-0.25, -0.2) is 0 Å². The molecule has 2 amide bonds. The Labute approximate surface area is 320 Å². The molecule has 1 aromatic carbocycles. The van der Waals surface area contributed by atoms with Gasteiger partial charge in [0, 0.05) is 63.8 Å². The van der Waals surface area contributed by atoms with Gasteiger partial charge in [0.2, 0.25) is 5.91 Å². The highest BCUT2D eigenvalue weighted by Gasteiger charge is 2.29. The lowest BCUT2D eigenvalue weighted by Crippen LogP contribution is -2.49. The molecule has 0 aliphatic carbocycles. The van der Waals surface area contributed by atoms with Crippen molar-refractivity contribution in [1.29, 1.82) is 0 Å². The fourth-order valence-corrected chi connectivity index (χ4v) is 5.59. The van der Waals surface area contributed by atoms with Crippen LogP contribution in [0.5, 0.6) is 5.75 Å². The lowest BCUT2D eigenvalue weighted by molar-refractivity contribution is -0.134. The minimum absolute atomic E-state index is 0.0645. The summed E-state index contributed by atoms with van der Waals surface area (Å²) in [6.45, 7) is 14.3. The number of allylic oxidation sites excluding steroid dienone is 12. The van der Waals surface area contributed by atoms with Gasteiger partial charge in [-0.05, 0) is 103 Å². The number of carbonyl (C=O) groups is 2. The quantitative estimate of drug-likeness (QED) is 0.0800. The van der Waals surface area contributed by atoms with E-state index in [-0.39, 0.29) is 11.8 Å². The molecule has 0 saturated carbocycles. The standard InChI is InChI=1S/C43H66ClN5O3/c1-4-5-6-7-8-9-10-11-12-13-14-15-16-17-18-19-20-21-22-24-41(50)46-31-37-49(34-23-33-48-35-29-45-30-36-48)38-32-47-42(51)43(2,3)52-40-27-25-39(44)26-28-40/h5-6,8-9,11-12,14-15,17-18,20-21,25-28,45H,4,7,10,13,16,19,22-24,29-38H2,1-3H3,(H,46,50)(H,47,51)/b6-5-,9-8-,12-11-,15-14-,18-17-,21-20-. The van der Waals surface area contributed by atoms with E-state index in [1.54, 1.807) is 38.1 Å². The van der Waals surface area contributed by atoms with Crippen molar-refractivity contribution in [3.63, 3.8) is 0 Å². The maximum Gasteiger partial charge on any atom is 0.263 e. The van der Waals surface area contributed by atoms with E-state index in [9.17, 15) is 9.59 Å². The Bertz CT molecular complexity index is 1280. The third-order valence-electron chi connectivity index (χ3n) is 8.49. The molecule has 0 spiro atoms. The van der Waals surface area contributed by atoms with Gasteiger partial charge in [-0.3, -0.25) is 14.5 Å². The Hall–Kier alpha value is -3.43. The predicted molar refractivity (Wildman–Crippen MR) is 220 cm³/mol. The summed E-state index contributed by atoms with van der Waals surface area (Å²) in [7, 11) is 0. The van der Waals surface area contributed by atoms with E-state index >= 15 is 0 Å². The number of rotatable bonds is 27. The van der Waals surface area contributed by atoms with E-state index in [2.05, 4.69) is 106 Å². The Morgan fingerprint density at radius 2 is 1.31 bits per heavy atom. The fraction of sp³-hybridized carbons (Fsp3) is 0.535. The van der Waals surface area contributed by atoms with Gasteiger partial charge in [-0.15, -0.1) is 0 Å². The number of hydrogen-bond acceptors (Lipinski definition) is 6. The van der Waals surface area contributed by atoms with E-state index in [1.165, 1.54) is 0 Å². The normalized spacial score (nSPS) is 14.7. The van der Waals surface area contributed by atoms with Crippen LogP contribution in [-0.4, -0.2) is 92.7 Å². The number of nitrogens with zero attached hydrogens (tertiary/aromatic N) is 2. The summed E-state index contributed by atoms with van der Waals surface area (Å²) in [6.07, 6.45) is 34.3. The van der Waals surface area contributed by atoms with Crippen LogP contribution in [0.3, 0.4) is 0 Å². The Morgan fingerprint density at radius 1 is 0.788 bits per heavy atom. The SMILES string of the molecule is CC/C=C\C/C=C\C/C=C\C/C=C\C/C=C\C/C=C\CCC(=O)NCCN(CCCN1CCNCC1)CCNC(=O)C(C)(C)Oc1ccc(Cl)cc1. The summed E-state index contributed by atoms with van der Waals surface area (Å²) in [4.78, 5) is 30.3. The number of carbonyl (C=O) groups excluding carboxylic acids is 2. The summed E-state index contributed by atoms with van der Waals surface area (Å²) < 4.78 is 5.94. The smallest absolute Gasteiger partial charge is 0.263 e. The van der Waals surface area contributed by atoms with Crippen molar-refractivity contribution in [3.8, 4) is 5.75 Å². The van der Waals surface area contributed by atoms with Crippen molar-refractivity contribution in [3.05, 3.63) is 102 Å². The molecule has 52 heavy (non-hydrogen) atoms. The third-order valence-corrected chi connectivity index (χ3v) is 8.74. The molecule has 0 radical (unpaired) electrons.